The molecule has 1 saturated heterocycles. The number of carbonyl (C=O) groups is 2. The van der Waals surface area contributed by atoms with Gasteiger partial charge in [-0.2, -0.15) is 0 Å². The van der Waals surface area contributed by atoms with Crippen molar-refractivity contribution >= 4 is 23.2 Å². The van der Waals surface area contributed by atoms with Crippen LogP contribution in [0.15, 0.2) is 72.8 Å². The molecule has 0 radical (unpaired) electrons. The lowest BCUT2D eigenvalue weighted by atomic mass is 9.83. The zero-order valence-corrected chi connectivity index (χ0v) is 19.5. The Labute approximate surface area is 199 Å². The zero-order valence-electron chi connectivity index (χ0n) is 19.5. The van der Waals surface area contributed by atoms with Gasteiger partial charge in [-0.3, -0.25) is 9.59 Å². The van der Waals surface area contributed by atoms with E-state index in [0.717, 1.165) is 5.56 Å². The monoisotopic (exact) mass is 460 g/mol. The highest BCUT2D eigenvalue weighted by Gasteiger charge is 2.41. The second-order valence-electron chi connectivity index (χ2n) is 8.05. The number of hydrogen-bond donors (Lipinski definition) is 1. The van der Waals surface area contributed by atoms with Crippen LogP contribution < -0.4 is 24.4 Å². The SMILES string of the molecule is COc1ccc([C@H]2[C@H](C(=O)Nc3cccc(OC)c3)CCC(=O)N2c2ccc(OC)cc2)cc1. The van der Waals surface area contributed by atoms with Gasteiger partial charge in [0.05, 0.1) is 33.3 Å². The summed E-state index contributed by atoms with van der Waals surface area (Å²) in [7, 11) is 4.79. The van der Waals surface area contributed by atoms with Crippen molar-refractivity contribution in [3.63, 3.8) is 0 Å². The van der Waals surface area contributed by atoms with Crippen LogP contribution in [0.1, 0.15) is 24.4 Å². The molecular weight excluding hydrogens is 432 g/mol. The molecule has 0 aliphatic carbocycles. The van der Waals surface area contributed by atoms with Gasteiger partial charge in [-0.1, -0.05) is 18.2 Å². The molecule has 0 spiro atoms. The van der Waals surface area contributed by atoms with Crippen molar-refractivity contribution in [1.82, 2.24) is 0 Å². The van der Waals surface area contributed by atoms with Crippen molar-refractivity contribution in [1.29, 1.82) is 0 Å². The molecule has 1 aliphatic heterocycles. The summed E-state index contributed by atoms with van der Waals surface area (Å²) in [5.41, 5.74) is 2.21. The highest BCUT2D eigenvalue weighted by atomic mass is 16.5. The molecule has 1 heterocycles. The van der Waals surface area contributed by atoms with Gasteiger partial charge < -0.3 is 24.4 Å². The summed E-state index contributed by atoms with van der Waals surface area (Å²) in [4.78, 5) is 28.4. The predicted octanol–water partition coefficient (Wildman–Crippen LogP) is 4.84. The fraction of sp³-hybridized carbons (Fsp3) is 0.259. The Morgan fingerprint density at radius 1 is 0.853 bits per heavy atom. The van der Waals surface area contributed by atoms with E-state index in [4.69, 9.17) is 14.2 Å². The molecule has 0 unspecified atom stereocenters. The molecule has 4 rings (SSSR count). The van der Waals surface area contributed by atoms with Gasteiger partial charge in [0.1, 0.15) is 17.2 Å². The third-order valence-electron chi connectivity index (χ3n) is 6.08. The van der Waals surface area contributed by atoms with Crippen molar-refractivity contribution in [2.75, 3.05) is 31.5 Å². The third-order valence-corrected chi connectivity index (χ3v) is 6.08. The Kier molecular flexibility index (Phi) is 7.01. The van der Waals surface area contributed by atoms with E-state index in [1.165, 1.54) is 0 Å². The van der Waals surface area contributed by atoms with E-state index in [1.807, 2.05) is 66.7 Å². The molecule has 3 aromatic rings. The maximum atomic E-state index is 13.5. The molecule has 7 nitrogen and oxygen atoms in total. The first-order valence-electron chi connectivity index (χ1n) is 11.1. The number of nitrogens with zero attached hydrogens (tertiary/aromatic N) is 1. The fourth-order valence-corrected chi connectivity index (χ4v) is 4.33. The van der Waals surface area contributed by atoms with Crippen LogP contribution in [0.2, 0.25) is 0 Å². The number of piperidine rings is 1. The molecule has 7 heteroatoms. The van der Waals surface area contributed by atoms with Crippen molar-refractivity contribution in [3.05, 3.63) is 78.4 Å². The summed E-state index contributed by atoms with van der Waals surface area (Å²) in [5, 5.41) is 3.01. The van der Waals surface area contributed by atoms with E-state index in [-0.39, 0.29) is 18.2 Å². The van der Waals surface area contributed by atoms with Crippen molar-refractivity contribution in [2.45, 2.75) is 18.9 Å². The molecule has 1 fully saturated rings. The van der Waals surface area contributed by atoms with Gasteiger partial charge in [-0.15, -0.1) is 0 Å². The Bertz CT molecular complexity index is 1140. The van der Waals surface area contributed by atoms with E-state index in [9.17, 15) is 9.59 Å². The molecule has 2 atom stereocenters. The molecule has 176 valence electrons. The molecule has 0 aromatic heterocycles. The number of methoxy groups -OCH3 is 3. The molecule has 34 heavy (non-hydrogen) atoms. The Morgan fingerprint density at radius 3 is 2.09 bits per heavy atom. The van der Waals surface area contributed by atoms with Crippen LogP contribution in [-0.4, -0.2) is 33.1 Å². The molecule has 3 aromatic carbocycles. The number of rotatable bonds is 7. The molecule has 0 saturated carbocycles. The maximum absolute atomic E-state index is 13.5. The smallest absolute Gasteiger partial charge is 0.229 e. The van der Waals surface area contributed by atoms with Crippen LogP contribution >= 0.6 is 0 Å². The van der Waals surface area contributed by atoms with Crippen LogP contribution in [0.4, 0.5) is 11.4 Å². The highest BCUT2D eigenvalue weighted by Crippen LogP contribution is 2.41. The zero-order chi connectivity index (χ0) is 24.1. The van der Waals surface area contributed by atoms with E-state index in [2.05, 4.69) is 5.32 Å². The average Bonchev–Trinajstić information content (AvgIpc) is 2.88. The van der Waals surface area contributed by atoms with Crippen LogP contribution in [0.25, 0.3) is 0 Å². The second-order valence-corrected chi connectivity index (χ2v) is 8.05. The summed E-state index contributed by atoms with van der Waals surface area (Å²) >= 11 is 0. The number of nitrogens with one attached hydrogen (secondary N) is 1. The van der Waals surface area contributed by atoms with Gasteiger partial charge in [-0.05, 0) is 60.5 Å². The number of carbonyl (C=O) groups excluding carboxylic acids is 2. The van der Waals surface area contributed by atoms with Gasteiger partial charge in [0.25, 0.3) is 0 Å². The van der Waals surface area contributed by atoms with Gasteiger partial charge in [0, 0.05) is 23.9 Å². The van der Waals surface area contributed by atoms with E-state index < -0.39 is 12.0 Å². The number of anilines is 2. The quantitative estimate of drug-likeness (QED) is 0.546. The van der Waals surface area contributed by atoms with Crippen LogP contribution in [0.5, 0.6) is 17.2 Å². The van der Waals surface area contributed by atoms with Crippen molar-refractivity contribution in [3.8, 4) is 17.2 Å². The number of hydrogen-bond acceptors (Lipinski definition) is 5. The lowest BCUT2D eigenvalue weighted by Gasteiger charge is -2.41. The molecular formula is C27H28N2O5. The predicted molar refractivity (Wildman–Crippen MR) is 131 cm³/mol. The van der Waals surface area contributed by atoms with Crippen LogP contribution in [0, 0.1) is 5.92 Å². The molecule has 1 aliphatic rings. The normalized spacial score (nSPS) is 17.7. The largest absolute Gasteiger partial charge is 0.497 e. The van der Waals surface area contributed by atoms with Crippen LogP contribution in [0.3, 0.4) is 0 Å². The summed E-state index contributed by atoms with van der Waals surface area (Å²) in [5.74, 6) is 1.42. The topological polar surface area (TPSA) is 77.1 Å². The Morgan fingerprint density at radius 2 is 1.47 bits per heavy atom. The summed E-state index contributed by atoms with van der Waals surface area (Å²) in [6.07, 6.45) is 0.715. The Balaban J connectivity index is 1.72. The van der Waals surface area contributed by atoms with Crippen molar-refractivity contribution < 1.29 is 23.8 Å². The van der Waals surface area contributed by atoms with Gasteiger partial charge >= 0.3 is 0 Å². The minimum absolute atomic E-state index is 0.0311. The molecule has 2 amide bonds. The van der Waals surface area contributed by atoms with E-state index >= 15 is 0 Å². The van der Waals surface area contributed by atoms with E-state index in [0.29, 0.717) is 35.0 Å². The molecule has 0 bridgehead atoms. The van der Waals surface area contributed by atoms with E-state index in [1.54, 1.807) is 32.3 Å². The fourth-order valence-electron chi connectivity index (χ4n) is 4.33. The third kappa shape index (κ3) is 4.83. The first kappa shape index (κ1) is 23.2. The minimum Gasteiger partial charge on any atom is -0.497 e. The Hall–Kier alpha value is -4.00. The van der Waals surface area contributed by atoms with Gasteiger partial charge in [0.2, 0.25) is 11.8 Å². The lowest BCUT2D eigenvalue weighted by molar-refractivity contribution is -0.125. The average molecular weight is 461 g/mol. The number of ether oxygens (including phenoxy) is 3. The van der Waals surface area contributed by atoms with Crippen LogP contribution in [-0.2, 0) is 9.59 Å². The lowest BCUT2D eigenvalue weighted by Crippen LogP contribution is -2.46. The summed E-state index contributed by atoms with van der Waals surface area (Å²) < 4.78 is 15.9. The highest BCUT2D eigenvalue weighted by molar-refractivity contribution is 6.00. The van der Waals surface area contributed by atoms with Gasteiger partial charge in [-0.25, -0.2) is 0 Å². The summed E-state index contributed by atoms with van der Waals surface area (Å²) in [6, 6.07) is 21.6. The summed E-state index contributed by atoms with van der Waals surface area (Å²) in [6.45, 7) is 0. The van der Waals surface area contributed by atoms with Gasteiger partial charge in [0.15, 0.2) is 0 Å². The van der Waals surface area contributed by atoms with Crippen molar-refractivity contribution in [2.24, 2.45) is 5.92 Å². The standard InChI is InChI=1S/C27H28N2O5/c1-32-21-11-7-18(8-12-21)26-24(27(31)28-19-5-4-6-23(17-19)34-3)15-16-25(30)29(26)20-9-13-22(33-2)14-10-20/h4-14,17,24,26H,15-16H2,1-3H3,(H,28,31)/t24-,26+/m1/s1. The number of amides is 2. The first-order chi connectivity index (χ1) is 16.5. The molecule has 1 N–H and O–H groups in total. The maximum Gasteiger partial charge on any atom is 0.229 e. The first-order valence-corrected chi connectivity index (χ1v) is 11.1. The number of benzene rings is 3. The minimum atomic E-state index is -0.480. The second kappa shape index (κ2) is 10.3.